The van der Waals surface area contributed by atoms with E-state index in [1.54, 1.807) is 4.90 Å². The molecule has 1 atom stereocenters. The summed E-state index contributed by atoms with van der Waals surface area (Å²) in [5, 5.41) is 11.8. The summed E-state index contributed by atoms with van der Waals surface area (Å²) >= 11 is 5.59. The fourth-order valence-corrected chi connectivity index (χ4v) is 2.20. The molecular formula is C12H19ClN2O3. The molecule has 2 N–H and O–H groups in total. The summed E-state index contributed by atoms with van der Waals surface area (Å²) in [6.07, 6.45) is 3.46. The van der Waals surface area contributed by atoms with Gasteiger partial charge in [-0.05, 0) is 25.7 Å². The number of urea groups is 1. The van der Waals surface area contributed by atoms with Crippen LogP contribution >= 0.6 is 11.6 Å². The highest BCUT2D eigenvalue weighted by Gasteiger charge is 2.26. The number of nitrogens with one attached hydrogen (secondary N) is 1. The molecule has 0 bridgehead atoms. The van der Waals surface area contributed by atoms with Gasteiger partial charge in [-0.1, -0.05) is 18.2 Å². The van der Waals surface area contributed by atoms with E-state index in [9.17, 15) is 9.59 Å². The van der Waals surface area contributed by atoms with E-state index in [1.165, 1.54) is 0 Å². The zero-order chi connectivity index (χ0) is 13.5. The number of likely N-dealkylation sites (tertiary alicyclic amines) is 1. The van der Waals surface area contributed by atoms with Crippen molar-refractivity contribution in [2.75, 3.05) is 13.1 Å². The van der Waals surface area contributed by atoms with Crippen LogP contribution in [0.1, 0.15) is 32.1 Å². The Labute approximate surface area is 112 Å². The van der Waals surface area contributed by atoms with Gasteiger partial charge in [-0.25, -0.2) is 4.79 Å². The number of halogens is 1. The highest BCUT2D eigenvalue weighted by Crippen LogP contribution is 2.20. The van der Waals surface area contributed by atoms with Gasteiger partial charge in [-0.3, -0.25) is 4.79 Å². The zero-order valence-electron chi connectivity index (χ0n) is 10.3. The molecule has 0 spiro atoms. The number of carboxylic acid groups (broad SMARTS) is 1. The van der Waals surface area contributed by atoms with Crippen molar-refractivity contribution >= 4 is 23.6 Å². The number of rotatable bonds is 5. The lowest BCUT2D eigenvalue weighted by Gasteiger charge is -2.35. The molecule has 1 saturated heterocycles. The van der Waals surface area contributed by atoms with Crippen LogP contribution < -0.4 is 5.32 Å². The number of carbonyl (C=O) groups is 2. The first-order valence-electron chi connectivity index (χ1n) is 6.10. The largest absolute Gasteiger partial charge is 0.481 e. The molecule has 2 amide bonds. The van der Waals surface area contributed by atoms with E-state index < -0.39 is 5.97 Å². The summed E-state index contributed by atoms with van der Waals surface area (Å²) in [7, 11) is 0. The summed E-state index contributed by atoms with van der Waals surface area (Å²) in [5.74, 6) is -0.824. The highest BCUT2D eigenvalue weighted by molar-refractivity contribution is 6.29. The van der Waals surface area contributed by atoms with Crippen molar-refractivity contribution in [2.45, 2.75) is 38.1 Å². The minimum absolute atomic E-state index is 0.0124. The molecule has 102 valence electrons. The number of piperidine rings is 1. The van der Waals surface area contributed by atoms with Crippen LogP contribution in [0.25, 0.3) is 0 Å². The number of hydrogen-bond acceptors (Lipinski definition) is 2. The van der Waals surface area contributed by atoms with Crippen LogP contribution in [0.5, 0.6) is 0 Å². The van der Waals surface area contributed by atoms with Crippen molar-refractivity contribution < 1.29 is 14.7 Å². The maximum Gasteiger partial charge on any atom is 0.317 e. The van der Waals surface area contributed by atoms with Gasteiger partial charge in [0.05, 0.1) is 6.54 Å². The van der Waals surface area contributed by atoms with E-state index >= 15 is 0 Å². The lowest BCUT2D eigenvalue weighted by Crippen LogP contribution is -2.49. The van der Waals surface area contributed by atoms with Crippen molar-refractivity contribution in [3.63, 3.8) is 0 Å². The Hall–Kier alpha value is -1.23. The summed E-state index contributed by atoms with van der Waals surface area (Å²) in [6, 6.07) is -0.176. The van der Waals surface area contributed by atoms with E-state index in [-0.39, 0.29) is 25.0 Å². The SMILES string of the molecule is C=C(Cl)CNC(=O)N1CCCCC1CCC(=O)O. The van der Waals surface area contributed by atoms with E-state index in [2.05, 4.69) is 11.9 Å². The molecule has 0 aliphatic carbocycles. The summed E-state index contributed by atoms with van der Waals surface area (Å²) < 4.78 is 0. The standard InChI is InChI=1S/C12H19ClN2O3/c1-9(13)8-14-12(18)15-7-3-2-4-10(15)5-6-11(16)17/h10H,1-8H2,(H,14,18)(H,16,17). The second-order valence-corrected chi connectivity index (χ2v) is 4.99. The number of amides is 2. The quantitative estimate of drug-likeness (QED) is 0.807. The molecule has 0 aromatic carbocycles. The lowest BCUT2D eigenvalue weighted by atomic mass is 9.98. The third-order valence-corrected chi connectivity index (χ3v) is 3.14. The van der Waals surface area contributed by atoms with E-state index in [1.807, 2.05) is 0 Å². The highest BCUT2D eigenvalue weighted by atomic mass is 35.5. The lowest BCUT2D eigenvalue weighted by molar-refractivity contribution is -0.137. The molecule has 18 heavy (non-hydrogen) atoms. The number of aliphatic carboxylic acids is 1. The molecule has 5 nitrogen and oxygen atoms in total. The van der Waals surface area contributed by atoms with Crippen molar-refractivity contribution in [2.24, 2.45) is 0 Å². The molecule has 0 aromatic heterocycles. The van der Waals surface area contributed by atoms with Crippen LogP contribution in [0.15, 0.2) is 11.6 Å². The zero-order valence-corrected chi connectivity index (χ0v) is 11.1. The third-order valence-electron chi connectivity index (χ3n) is 3.01. The minimum atomic E-state index is -0.824. The van der Waals surface area contributed by atoms with Crippen molar-refractivity contribution in [1.82, 2.24) is 10.2 Å². The molecule has 0 saturated carbocycles. The maximum atomic E-state index is 11.9. The Bertz CT molecular complexity index is 333. The van der Waals surface area contributed by atoms with Crippen LogP contribution in [-0.2, 0) is 4.79 Å². The van der Waals surface area contributed by atoms with Gasteiger partial charge in [0.15, 0.2) is 0 Å². The van der Waals surface area contributed by atoms with Crippen LogP contribution in [-0.4, -0.2) is 41.1 Å². The number of carbonyl (C=O) groups excluding carboxylic acids is 1. The van der Waals surface area contributed by atoms with Gasteiger partial charge in [0, 0.05) is 24.0 Å². The molecule has 1 heterocycles. The van der Waals surface area contributed by atoms with Gasteiger partial charge in [0.1, 0.15) is 0 Å². The molecule has 1 fully saturated rings. The van der Waals surface area contributed by atoms with Crippen LogP contribution in [0.2, 0.25) is 0 Å². The molecule has 6 heteroatoms. The van der Waals surface area contributed by atoms with Crippen LogP contribution in [0.3, 0.4) is 0 Å². The number of hydrogen-bond donors (Lipinski definition) is 2. The maximum absolute atomic E-state index is 11.9. The second-order valence-electron chi connectivity index (χ2n) is 4.45. The van der Waals surface area contributed by atoms with Crippen LogP contribution in [0, 0.1) is 0 Å². The average Bonchev–Trinajstić information content (AvgIpc) is 2.33. The minimum Gasteiger partial charge on any atom is -0.481 e. The monoisotopic (exact) mass is 274 g/mol. The fourth-order valence-electron chi connectivity index (χ4n) is 2.13. The first kappa shape index (κ1) is 14.8. The Balaban J connectivity index is 2.49. The predicted octanol–water partition coefficient (Wildman–Crippen LogP) is 2.17. The second kappa shape index (κ2) is 7.26. The van der Waals surface area contributed by atoms with Gasteiger partial charge in [-0.15, -0.1) is 0 Å². The predicted molar refractivity (Wildman–Crippen MR) is 69.6 cm³/mol. The Morgan fingerprint density at radius 3 is 2.78 bits per heavy atom. The van der Waals surface area contributed by atoms with E-state index in [4.69, 9.17) is 16.7 Å². The van der Waals surface area contributed by atoms with Gasteiger partial charge in [-0.2, -0.15) is 0 Å². The molecule has 1 unspecified atom stereocenters. The number of carboxylic acids is 1. The van der Waals surface area contributed by atoms with Crippen molar-refractivity contribution in [1.29, 1.82) is 0 Å². The molecule has 0 aromatic rings. The van der Waals surface area contributed by atoms with Gasteiger partial charge in [0.25, 0.3) is 0 Å². The first-order chi connectivity index (χ1) is 8.50. The van der Waals surface area contributed by atoms with E-state index in [0.29, 0.717) is 18.0 Å². The average molecular weight is 275 g/mol. The van der Waals surface area contributed by atoms with E-state index in [0.717, 1.165) is 19.3 Å². The van der Waals surface area contributed by atoms with Crippen LogP contribution in [0.4, 0.5) is 4.79 Å². The normalized spacial score (nSPS) is 19.4. The summed E-state index contributed by atoms with van der Waals surface area (Å²) in [6.45, 7) is 4.42. The van der Waals surface area contributed by atoms with Gasteiger partial charge in [0.2, 0.25) is 0 Å². The first-order valence-corrected chi connectivity index (χ1v) is 6.48. The van der Waals surface area contributed by atoms with Gasteiger partial charge < -0.3 is 15.3 Å². The number of nitrogens with zero attached hydrogens (tertiary/aromatic N) is 1. The Morgan fingerprint density at radius 1 is 1.44 bits per heavy atom. The topological polar surface area (TPSA) is 69.6 Å². The third kappa shape index (κ3) is 4.96. The Kier molecular flexibility index (Phi) is 5.98. The fraction of sp³-hybridized carbons (Fsp3) is 0.667. The molecule has 1 aliphatic rings. The molecular weight excluding hydrogens is 256 g/mol. The smallest absolute Gasteiger partial charge is 0.317 e. The van der Waals surface area contributed by atoms with Crippen molar-refractivity contribution in [3.8, 4) is 0 Å². The summed E-state index contributed by atoms with van der Waals surface area (Å²) in [5.41, 5.74) is 0. The summed E-state index contributed by atoms with van der Waals surface area (Å²) in [4.78, 5) is 24.2. The molecule has 1 rings (SSSR count). The van der Waals surface area contributed by atoms with Gasteiger partial charge >= 0.3 is 12.0 Å². The molecule has 0 radical (unpaired) electrons. The Morgan fingerprint density at radius 2 is 2.17 bits per heavy atom. The molecule has 1 aliphatic heterocycles. The van der Waals surface area contributed by atoms with Crippen molar-refractivity contribution in [3.05, 3.63) is 11.6 Å².